The van der Waals surface area contributed by atoms with Crippen molar-refractivity contribution in [2.24, 2.45) is 0 Å². The molecule has 0 saturated carbocycles. The van der Waals surface area contributed by atoms with Crippen molar-refractivity contribution >= 4 is 22.6 Å². The Kier molecular flexibility index (Phi) is 6.51. The molecule has 0 bridgehead atoms. The fourth-order valence-corrected chi connectivity index (χ4v) is 3.10. The molecule has 0 fully saturated rings. The zero-order valence-electron chi connectivity index (χ0n) is 17.2. The zero-order chi connectivity index (χ0) is 21.7. The number of nitro groups is 1. The molecule has 0 aliphatic carbocycles. The number of aromatic nitrogens is 2. The van der Waals surface area contributed by atoms with Gasteiger partial charge in [-0.1, -0.05) is 0 Å². The van der Waals surface area contributed by atoms with Crippen LogP contribution in [0, 0.1) is 10.1 Å². The van der Waals surface area contributed by atoms with Gasteiger partial charge in [-0.05, 0) is 45.0 Å². The van der Waals surface area contributed by atoms with Crippen molar-refractivity contribution in [3.63, 3.8) is 0 Å². The Morgan fingerprint density at radius 3 is 2.53 bits per heavy atom. The third-order valence-electron chi connectivity index (χ3n) is 4.66. The summed E-state index contributed by atoms with van der Waals surface area (Å²) in [6.45, 7) is 7.30. The molecule has 0 spiro atoms. The Morgan fingerprint density at radius 1 is 1.10 bits per heavy atom. The summed E-state index contributed by atoms with van der Waals surface area (Å²) in [5.74, 6) is 1.42. The molecule has 0 atom stereocenters. The Labute approximate surface area is 173 Å². The van der Waals surface area contributed by atoms with E-state index in [1.54, 1.807) is 29.2 Å². The molecule has 1 N–H and O–H groups in total. The summed E-state index contributed by atoms with van der Waals surface area (Å²) < 4.78 is 11.4. The normalized spacial score (nSPS) is 10.8. The highest BCUT2D eigenvalue weighted by Gasteiger charge is 2.15. The van der Waals surface area contributed by atoms with Gasteiger partial charge in [-0.3, -0.25) is 14.9 Å². The number of nitrogens with zero attached hydrogens (tertiary/aromatic N) is 3. The van der Waals surface area contributed by atoms with Gasteiger partial charge < -0.3 is 19.4 Å². The van der Waals surface area contributed by atoms with Gasteiger partial charge in [0, 0.05) is 30.8 Å². The van der Waals surface area contributed by atoms with Crippen LogP contribution in [-0.2, 0) is 4.79 Å². The van der Waals surface area contributed by atoms with E-state index in [-0.39, 0.29) is 18.2 Å². The molecule has 0 saturated heterocycles. The Hall–Kier alpha value is -3.62. The zero-order valence-corrected chi connectivity index (χ0v) is 17.2. The molecule has 30 heavy (non-hydrogen) atoms. The fraction of sp³-hybridized carbons (Fsp3) is 0.333. The number of non-ortho nitro benzene ring substituents is 1. The molecule has 0 aliphatic heterocycles. The SMILES string of the molecule is CCOc1cc(-c2nc3ccc([N+](=O)[O-])cc3[nH]2)ccc1OCC(=O)N(CC)CC. The highest BCUT2D eigenvalue weighted by molar-refractivity contribution is 5.82. The lowest BCUT2D eigenvalue weighted by atomic mass is 10.2. The molecular formula is C21H24N4O5. The van der Waals surface area contributed by atoms with E-state index in [0.29, 0.717) is 48.1 Å². The lowest BCUT2D eigenvalue weighted by molar-refractivity contribution is -0.384. The first-order chi connectivity index (χ1) is 14.5. The molecule has 0 unspecified atom stereocenters. The topological polar surface area (TPSA) is 111 Å². The van der Waals surface area contributed by atoms with Gasteiger partial charge in [0.15, 0.2) is 18.1 Å². The number of H-pyrrole nitrogens is 1. The molecule has 1 amide bonds. The number of carbonyl (C=O) groups excluding carboxylic acids is 1. The van der Waals surface area contributed by atoms with Crippen molar-refractivity contribution in [1.29, 1.82) is 0 Å². The summed E-state index contributed by atoms with van der Waals surface area (Å²) in [4.78, 5) is 32.0. The molecule has 0 aliphatic rings. The number of ether oxygens (including phenoxy) is 2. The van der Waals surface area contributed by atoms with Crippen LogP contribution in [0.1, 0.15) is 20.8 Å². The Balaban J connectivity index is 1.86. The molecule has 1 heterocycles. The Morgan fingerprint density at radius 2 is 1.87 bits per heavy atom. The number of hydrogen-bond donors (Lipinski definition) is 1. The average molecular weight is 412 g/mol. The highest BCUT2D eigenvalue weighted by Crippen LogP contribution is 2.33. The number of imidazole rings is 1. The number of hydrogen-bond acceptors (Lipinski definition) is 6. The summed E-state index contributed by atoms with van der Waals surface area (Å²) in [6.07, 6.45) is 0. The number of benzene rings is 2. The van der Waals surface area contributed by atoms with Crippen LogP contribution in [0.2, 0.25) is 0 Å². The summed E-state index contributed by atoms with van der Waals surface area (Å²) in [7, 11) is 0. The second kappa shape index (κ2) is 9.25. The van der Waals surface area contributed by atoms with Crippen LogP contribution >= 0.6 is 0 Å². The van der Waals surface area contributed by atoms with E-state index in [9.17, 15) is 14.9 Å². The van der Waals surface area contributed by atoms with Crippen LogP contribution in [0.5, 0.6) is 11.5 Å². The number of carbonyl (C=O) groups is 1. The molecule has 0 radical (unpaired) electrons. The quantitative estimate of drug-likeness (QED) is 0.423. The van der Waals surface area contributed by atoms with Crippen molar-refractivity contribution in [2.75, 3.05) is 26.3 Å². The van der Waals surface area contributed by atoms with E-state index in [1.807, 2.05) is 20.8 Å². The summed E-state index contributed by atoms with van der Waals surface area (Å²) in [6, 6.07) is 9.77. The van der Waals surface area contributed by atoms with Crippen LogP contribution in [0.15, 0.2) is 36.4 Å². The molecular weight excluding hydrogens is 388 g/mol. The van der Waals surface area contributed by atoms with Gasteiger partial charge in [-0.2, -0.15) is 0 Å². The first kappa shape index (κ1) is 21.1. The van der Waals surface area contributed by atoms with Gasteiger partial charge in [-0.25, -0.2) is 4.98 Å². The minimum atomic E-state index is -0.446. The molecule has 3 rings (SSSR count). The van der Waals surface area contributed by atoms with Gasteiger partial charge in [0.05, 0.1) is 22.6 Å². The van der Waals surface area contributed by atoms with E-state index in [0.717, 1.165) is 5.56 Å². The molecule has 3 aromatic rings. The minimum absolute atomic E-state index is 0.00526. The minimum Gasteiger partial charge on any atom is -0.490 e. The van der Waals surface area contributed by atoms with Crippen molar-refractivity contribution < 1.29 is 19.2 Å². The smallest absolute Gasteiger partial charge is 0.271 e. The standard InChI is InChI=1S/C21H24N4O5/c1-4-24(5-2)20(26)13-30-18-10-7-14(11-19(18)29-6-3)21-22-16-9-8-15(25(27)28)12-17(16)23-21/h7-12H,4-6,13H2,1-3H3,(H,22,23). The van der Waals surface area contributed by atoms with Crippen molar-refractivity contribution in [1.82, 2.24) is 14.9 Å². The van der Waals surface area contributed by atoms with Crippen LogP contribution in [-0.4, -0.2) is 52.0 Å². The van der Waals surface area contributed by atoms with Gasteiger partial charge in [-0.15, -0.1) is 0 Å². The van der Waals surface area contributed by atoms with Crippen LogP contribution in [0.25, 0.3) is 22.4 Å². The maximum atomic E-state index is 12.2. The highest BCUT2D eigenvalue weighted by atomic mass is 16.6. The van der Waals surface area contributed by atoms with Crippen molar-refractivity contribution in [3.8, 4) is 22.9 Å². The predicted molar refractivity (Wildman–Crippen MR) is 113 cm³/mol. The van der Waals surface area contributed by atoms with Crippen LogP contribution < -0.4 is 9.47 Å². The lowest BCUT2D eigenvalue weighted by Gasteiger charge is -2.19. The summed E-state index contributed by atoms with van der Waals surface area (Å²) in [5.41, 5.74) is 1.93. The number of rotatable bonds is 9. The number of aromatic amines is 1. The fourth-order valence-electron chi connectivity index (χ4n) is 3.10. The Bertz CT molecular complexity index is 1060. The third kappa shape index (κ3) is 4.51. The average Bonchev–Trinajstić information content (AvgIpc) is 3.17. The van der Waals surface area contributed by atoms with Gasteiger partial charge in [0.1, 0.15) is 5.82 Å². The summed E-state index contributed by atoms with van der Waals surface area (Å²) in [5, 5.41) is 11.0. The molecule has 9 nitrogen and oxygen atoms in total. The number of fused-ring (bicyclic) bond motifs is 1. The number of nitrogens with one attached hydrogen (secondary N) is 1. The predicted octanol–water partition coefficient (Wildman–Crippen LogP) is 3.78. The maximum absolute atomic E-state index is 12.2. The van der Waals surface area contributed by atoms with E-state index in [4.69, 9.17) is 9.47 Å². The van der Waals surface area contributed by atoms with E-state index in [2.05, 4.69) is 9.97 Å². The molecule has 158 valence electrons. The number of nitro benzene ring substituents is 1. The van der Waals surface area contributed by atoms with Gasteiger partial charge in [0.25, 0.3) is 11.6 Å². The lowest BCUT2D eigenvalue weighted by Crippen LogP contribution is -2.34. The molecule has 9 heteroatoms. The largest absolute Gasteiger partial charge is 0.490 e. The van der Waals surface area contributed by atoms with E-state index >= 15 is 0 Å². The second-order valence-electron chi connectivity index (χ2n) is 6.49. The van der Waals surface area contributed by atoms with Gasteiger partial charge in [0.2, 0.25) is 0 Å². The van der Waals surface area contributed by atoms with Gasteiger partial charge >= 0.3 is 0 Å². The maximum Gasteiger partial charge on any atom is 0.271 e. The first-order valence-electron chi connectivity index (χ1n) is 9.78. The van der Waals surface area contributed by atoms with Crippen LogP contribution in [0.4, 0.5) is 5.69 Å². The number of likely N-dealkylation sites (N-methyl/N-ethyl adjacent to an activating group) is 1. The monoisotopic (exact) mass is 412 g/mol. The van der Waals surface area contributed by atoms with Crippen molar-refractivity contribution in [2.45, 2.75) is 20.8 Å². The van der Waals surface area contributed by atoms with E-state index < -0.39 is 4.92 Å². The first-order valence-corrected chi connectivity index (χ1v) is 9.78. The number of amides is 1. The van der Waals surface area contributed by atoms with E-state index in [1.165, 1.54) is 12.1 Å². The summed E-state index contributed by atoms with van der Waals surface area (Å²) >= 11 is 0. The molecule has 2 aromatic carbocycles. The van der Waals surface area contributed by atoms with Crippen LogP contribution in [0.3, 0.4) is 0 Å². The second-order valence-corrected chi connectivity index (χ2v) is 6.49. The van der Waals surface area contributed by atoms with Crippen molar-refractivity contribution in [3.05, 3.63) is 46.5 Å². The molecule has 1 aromatic heterocycles. The third-order valence-corrected chi connectivity index (χ3v) is 4.66.